The molecule has 1 fully saturated rings. The maximum atomic E-state index is 11.8. The van der Waals surface area contributed by atoms with E-state index in [1.165, 1.54) is 0 Å². The molecule has 3 N–H and O–H groups in total. The van der Waals surface area contributed by atoms with Crippen LogP contribution >= 0.6 is 0 Å². The molecule has 1 heterocycles. The van der Waals surface area contributed by atoms with E-state index < -0.39 is 0 Å². The molecule has 6 heteroatoms. The number of nitrogens with one attached hydrogen (secondary N) is 3. The molecule has 22 heavy (non-hydrogen) atoms. The monoisotopic (exact) mass is 305 g/mol. The first-order chi connectivity index (χ1) is 10.5. The van der Waals surface area contributed by atoms with Crippen molar-refractivity contribution in [1.82, 2.24) is 5.32 Å². The Labute approximate surface area is 130 Å². The summed E-state index contributed by atoms with van der Waals surface area (Å²) in [5, 5.41) is 8.34. The van der Waals surface area contributed by atoms with Gasteiger partial charge in [0.2, 0.25) is 5.91 Å². The third-order valence-corrected chi connectivity index (χ3v) is 3.45. The quantitative estimate of drug-likeness (QED) is 0.782. The number of anilines is 2. The molecule has 120 valence electrons. The fourth-order valence-corrected chi connectivity index (χ4v) is 2.11. The predicted octanol–water partition coefficient (Wildman–Crippen LogP) is 2.58. The van der Waals surface area contributed by atoms with Crippen LogP contribution in [0.3, 0.4) is 0 Å². The van der Waals surface area contributed by atoms with Crippen molar-refractivity contribution in [3.05, 3.63) is 24.3 Å². The van der Waals surface area contributed by atoms with Gasteiger partial charge in [-0.25, -0.2) is 4.79 Å². The van der Waals surface area contributed by atoms with E-state index >= 15 is 0 Å². The molecular weight excluding hydrogens is 282 g/mol. The van der Waals surface area contributed by atoms with Crippen LogP contribution in [0.4, 0.5) is 16.2 Å². The van der Waals surface area contributed by atoms with Gasteiger partial charge in [0, 0.05) is 30.4 Å². The van der Waals surface area contributed by atoms with Crippen molar-refractivity contribution in [2.45, 2.75) is 32.8 Å². The Hall–Kier alpha value is -2.08. The molecule has 1 aromatic rings. The predicted molar refractivity (Wildman–Crippen MR) is 85.9 cm³/mol. The number of urea groups is 1. The first kappa shape index (κ1) is 16.3. The average molecular weight is 305 g/mol. The summed E-state index contributed by atoms with van der Waals surface area (Å²) >= 11 is 0. The van der Waals surface area contributed by atoms with Gasteiger partial charge in [0.1, 0.15) is 0 Å². The minimum Gasteiger partial charge on any atom is -0.376 e. The second kappa shape index (κ2) is 7.79. The summed E-state index contributed by atoms with van der Waals surface area (Å²) < 4.78 is 5.44. The summed E-state index contributed by atoms with van der Waals surface area (Å²) in [6, 6.07) is 6.77. The Morgan fingerprint density at radius 3 is 2.36 bits per heavy atom. The fourth-order valence-electron chi connectivity index (χ4n) is 2.11. The normalized spacial score (nSPS) is 17.3. The minimum absolute atomic E-state index is 0.0324. The molecule has 0 spiro atoms. The van der Waals surface area contributed by atoms with E-state index in [2.05, 4.69) is 16.0 Å². The van der Waals surface area contributed by atoms with Gasteiger partial charge in [-0.15, -0.1) is 0 Å². The van der Waals surface area contributed by atoms with Gasteiger partial charge < -0.3 is 20.7 Å². The number of carbonyl (C=O) groups excluding carboxylic acids is 2. The van der Waals surface area contributed by atoms with Crippen molar-refractivity contribution in [1.29, 1.82) is 0 Å². The Bertz CT molecular complexity index is 508. The van der Waals surface area contributed by atoms with Crippen molar-refractivity contribution in [2.24, 2.45) is 5.92 Å². The summed E-state index contributed by atoms with van der Waals surface area (Å²) in [7, 11) is 0. The van der Waals surface area contributed by atoms with Crippen LogP contribution < -0.4 is 16.0 Å². The molecule has 0 radical (unpaired) electrons. The van der Waals surface area contributed by atoms with Gasteiger partial charge in [-0.1, -0.05) is 13.8 Å². The summed E-state index contributed by atoms with van der Waals surface area (Å²) in [5.74, 6) is -0.101. The van der Waals surface area contributed by atoms with Gasteiger partial charge in [-0.3, -0.25) is 4.79 Å². The number of amides is 3. The van der Waals surface area contributed by atoms with Gasteiger partial charge in [-0.05, 0) is 37.1 Å². The van der Waals surface area contributed by atoms with Gasteiger partial charge in [0.25, 0.3) is 0 Å². The average Bonchev–Trinajstić information content (AvgIpc) is 3.00. The highest BCUT2D eigenvalue weighted by atomic mass is 16.5. The van der Waals surface area contributed by atoms with Crippen LogP contribution in [0.5, 0.6) is 0 Å². The Balaban J connectivity index is 1.77. The zero-order valence-electron chi connectivity index (χ0n) is 13.0. The van der Waals surface area contributed by atoms with E-state index in [1.807, 2.05) is 13.8 Å². The summed E-state index contributed by atoms with van der Waals surface area (Å²) in [5.41, 5.74) is 1.39. The molecule has 1 aromatic carbocycles. The molecule has 0 saturated carbocycles. The smallest absolute Gasteiger partial charge is 0.319 e. The highest BCUT2D eigenvalue weighted by molar-refractivity contribution is 5.93. The van der Waals surface area contributed by atoms with Gasteiger partial charge >= 0.3 is 6.03 Å². The number of hydrogen-bond donors (Lipinski definition) is 3. The minimum atomic E-state index is -0.255. The zero-order valence-corrected chi connectivity index (χ0v) is 13.0. The SMILES string of the molecule is CC(C)C(=O)Nc1ccc(NC(=O)NC[C@H]2CCCO2)cc1. The highest BCUT2D eigenvalue weighted by Crippen LogP contribution is 2.14. The van der Waals surface area contributed by atoms with Crippen molar-refractivity contribution >= 4 is 23.3 Å². The van der Waals surface area contributed by atoms with Crippen LogP contribution in [0.2, 0.25) is 0 Å². The van der Waals surface area contributed by atoms with E-state index in [0.29, 0.717) is 17.9 Å². The summed E-state index contributed by atoms with van der Waals surface area (Å²) in [4.78, 5) is 23.4. The summed E-state index contributed by atoms with van der Waals surface area (Å²) in [6.07, 6.45) is 2.17. The highest BCUT2D eigenvalue weighted by Gasteiger charge is 2.16. The number of ether oxygens (including phenoxy) is 1. The first-order valence-electron chi connectivity index (χ1n) is 7.62. The van der Waals surface area contributed by atoms with Crippen LogP contribution in [-0.4, -0.2) is 31.2 Å². The second-order valence-corrected chi connectivity index (χ2v) is 5.69. The molecule has 0 bridgehead atoms. The Kier molecular flexibility index (Phi) is 5.77. The van der Waals surface area contributed by atoms with Crippen LogP contribution in [0, 0.1) is 5.92 Å². The molecule has 1 atom stereocenters. The molecule has 1 aliphatic heterocycles. The number of benzene rings is 1. The van der Waals surface area contributed by atoms with E-state index in [4.69, 9.17) is 4.74 Å². The number of carbonyl (C=O) groups is 2. The van der Waals surface area contributed by atoms with E-state index in [-0.39, 0.29) is 24.0 Å². The third kappa shape index (κ3) is 5.04. The van der Waals surface area contributed by atoms with Crippen molar-refractivity contribution in [3.63, 3.8) is 0 Å². The molecule has 0 unspecified atom stereocenters. The lowest BCUT2D eigenvalue weighted by molar-refractivity contribution is -0.118. The molecule has 0 aliphatic carbocycles. The lowest BCUT2D eigenvalue weighted by Crippen LogP contribution is -2.35. The lowest BCUT2D eigenvalue weighted by Gasteiger charge is -2.12. The molecule has 1 saturated heterocycles. The Morgan fingerprint density at radius 2 is 1.82 bits per heavy atom. The summed E-state index contributed by atoms with van der Waals surface area (Å²) in [6.45, 7) is 4.97. The van der Waals surface area contributed by atoms with Gasteiger partial charge in [-0.2, -0.15) is 0 Å². The van der Waals surface area contributed by atoms with Crippen molar-refractivity contribution in [2.75, 3.05) is 23.8 Å². The third-order valence-electron chi connectivity index (χ3n) is 3.45. The second-order valence-electron chi connectivity index (χ2n) is 5.69. The lowest BCUT2D eigenvalue weighted by atomic mass is 10.2. The molecule has 0 aromatic heterocycles. The fraction of sp³-hybridized carbons (Fsp3) is 0.500. The Morgan fingerprint density at radius 1 is 1.18 bits per heavy atom. The van der Waals surface area contributed by atoms with Crippen LogP contribution in [0.15, 0.2) is 24.3 Å². The molecule has 1 aliphatic rings. The van der Waals surface area contributed by atoms with Crippen LogP contribution in [0.25, 0.3) is 0 Å². The molecular formula is C16H23N3O3. The first-order valence-corrected chi connectivity index (χ1v) is 7.62. The largest absolute Gasteiger partial charge is 0.376 e. The standard InChI is InChI=1S/C16H23N3O3/c1-11(2)15(20)18-12-5-7-13(8-6-12)19-16(21)17-10-14-4-3-9-22-14/h5-8,11,14H,3-4,9-10H2,1-2H3,(H,18,20)(H2,17,19,21)/t14-/m1/s1. The molecule has 6 nitrogen and oxygen atoms in total. The van der Waals surface area contributed by atoms with Crippen LogP contribution in [0.1, 0.15) is 26.7 Å². The molecule has 2 rings (SSSR count). The number of hydrogen-bond acceptors (Lipinski definition) is 3. The van der Waals surface area contributed by atoms with Gasteiger partial charge in [0.05, 0.1) is 6.10 Å². The van der Waals surface area contributed by atoms with E-state index in [9.17, 15) is 9.59 Å². The van der Waals surface area contributed by atoms with Crippen molar-refractivity contribution < 1.29 is 14.3 Å². The van der Waals surface area contributed by atoms with E-state index in [1.54, 1.807) is 24.3 Å². The number of rotatable bonds is 5. The maximum Gasteiger partial charge on any atom is 0.319 e. The topological polar surface area (TPSA) is 79.5 Å². The zero-order chi connectivity index (χ0) is 15.9. The van der Waals surface area contributed by atoms with Crippen LogP contribution in [-0.2, 0) is 9.53 Å². The van der Waals surface area contributed by atoms with E-state index in [0.717, 1.165) is 19.4 Å². The van der Waals surface area contributed by atoms with Crippen molar-refractivity contribution in [3.8, 4) is 0 Å². The maximum absolute atomic E-state index is 11.8. The van der Waals surface area contributed by atoms with Gasteiger partial charge in [0.15, 0.2) is 0 Å². The molecule has 3 amide bonds.